The van der Waals surface area contributed by atoms with E-state index >= 15 is 0 Å². The normalized spacial score (nSPS) is 10.9. The van der Waals surface area contributed by atoms with Gasteiger partial charge in [0.1, 0.15) is 5.75 Å². The van der Waals surface area contributed by atoms with Crippen molar-refractivity contribution in [3.05, 3.63) is 113 Å². The van der Waals surface area contributed by atoms with Crippen LogP contribution in [0.2, 0.25) is 5.02 Å². The van der Waals surface area contributed by atoms with Crippen molar-refractivity contribution in [2.45, 2.75) is 6.42 Å². The number of benzene rings is 4. The predicted molar refractivity (Wildman–Crippen MR) is 126 cm³/mol. The highest BCUT2D eigenvalue weighted by molar-refractivity contribution is 6.30. The summed E-state index contributed by atoms with van der Waals surface area (Å²) < 4.78 is 5.34. The molecule has 4 aromatic carbocycles. The van der Waals surface area contributed by atoms with E-state index in [1.165, 1.54) is 6.21 Å². The number of amides is 1. The number of hydrazone groups is 1. The molecular formula is C26H19ClN2O3. The quantitative estimate of drug-likeness (QED) is 0.188. The van der Waals surface area contributed by atoms with Gasteiger partial charge in [-0.3, -0.25) is 4.79 Å². The van der Waals surface area contributed by atoms with Gasteiger partial charge in [0.05, 0.1) is 18.2 Å². The van der Waals surface area contributed by atoms with Crippen LogP contribution >= 0.6 is 11.6 Å². The highest BCUT2D eigenvalue weighted by Crippen LogP contribution is 2.19. The Bertz CT molecular complexity index is 1290. The molecule has 0 radical (unpaired) electrons. The van der Waals surface area contributed by atoms with Gasteiger partial charge in [-0.25, -0.2) is 10.2 Å². The summed E-state index contributed by atoms with van der Waals surface area (Å²) in [5.41, 5.74) is 4.62. The second-order valence-electron chi connectivity index (χ2n) is 7.08. The van der Waals surface area contributed by atoms with E-state index in [4.69, 9.17) is 16.3 Å². The minimum Gasteiger partial charge on any atom is -0.423 e. The smallest absolute Gasteiger partial charge is 0.343 e. The second-order valence-corrected chi connectivity index (χ2v) is 7.51. The van der Waals surface area contributed by atoms with E-state index in [0.717, 1.165) is 21.9 Å². The second kappa shape index (κ2) is 9.90. The molecule has 1 amide bonds. The Kier molecular flexibility index (Phi) is 6.58. The van der Waals surface area contributed by atoms with Crippen LogP contribution in [0.1, 0.15) is 21.5 Å². The van der Waals surface area contributed by atoms with E-state index in [0.29, 0.717) is 16.3 Å². The first-order chi connectivity index (χ1) is 15.6. The van der Waals surface area contributed by atoms with Gasteiger partial charge in [0, 0.05) is 5.02 Å². The van der Waals surface area contributed by atoms with E-state index in [1.54, 1.807) is 48.5 Å². The average Bonchev–Trinajstić information content (AvgIpc) is 2.80. The first kappa shape index (κ1) is 21.3. The molecule has 0 bridgehead atoms. The van der Waals surface area contributed by atoms with Crippen molar-refractivity contribution in [1.29, 1.82) is 0 Å². The Balaban J connectivity index is 1.32. The monoisotopic (exact) mass is 442 g/mol. The highest BCUT2D eigenvalue weighted by atomic mass is 35.5. The number of rotatable bonds is 6. The van der Waals surface area contributed by atoms with Crippen molar-refractivity contribution < 1.29 is 14.3 Å². The van der Waals surface area contributed by atoms with Gasteiger partial charge in [-0.15, -0.1) is 0 Å². The van der Waals surface area contributed by atoms with Gasteiger partial charge in [-0.05, 0) is 64.4 Å². The number of carbonyl (C=O) groups is 2. The van der Waals surface area contributed by atoms with Crippen molar-refractivity contribution in [3.63, 3.8) is 0 Å². The lowest BCUT2D eigenvalue weighted by molar-refractivity contribution is -0.120. The maximum Gasteiger partial charge on any atom is 0.343 e. The van der Waals surface area contributed by atoms with Crippen LogP contribution < -0.4 is 10.2 Å². The molecule has 158 valence electrons. The Morgan fingerprint density at radius 2 is 1.66 bits per heavy atom. The number of halogens is 1. The van der Waals surface area contributed by atoms with Gasteiger partial charge >= 0.3 is 5.97 Å². The zero-order valence-corrected chi connectivity index (χ0v) is 17.8. The lowest BCUT2D eigenvalue weighted by Crippen LogP contribution is -2.19. The van der Waals surface area contributed by atoms with Crippen LogP contribution in [0.5, 0.6) is 5.75 Å². The van der Waals surface area contributed by atoms with Crippen LogP contribution in [-0.2, 0) is 11.2 Å². The van der Waals surface area contributed by atoms with Crippen molar-refractivity contribution in [3.8, 4) is 5.75 Å². The summed E-state index contributed by atoms with van der Waals surface area (Å²) in [6.45, 7) is 0. The number of esters is 1. The fraction of sp³-hybridized carbons (Fsp3) is 0.0385. The van der Waals surface area contributed by atoms with Gasteiger partial charge in [0.25, 0.3) is 0 Å². The third kappa shape index (κ3) is 5.39. The van der Waals surface area contributed by atoms with Crippen molar-refractivity contribution in [2.24, 2.45) is 5.10 Å². The molecule has 0 saturated heterocycles. The summed E-state index contributed by atoms with van der Waals surface area (Å²) in [5, 5.41) is 6.63. The molecule has 6 heteroatoms. The molecule has 0 aromatic heterocycles. The number of ether oxygens (including phenoxy) is 1. The molecule has 0 aliphatic rings. The SMILES string of the molecule is O=C(Cc1cccc2ccccc12)N/N=C/c1ccc(OC(=O)c2cccc(Cl)c2)cc1. The molecule has 0 saturated carbocycles. The van der Waals surface area contributed by atoms with Gasteiger partial charge in [-0.2, -0.15) is 5.10 Å². The minimum absolute atomic E-state index is 0.204. The van der Waals surface area contributed by atoms with Crippen LogP contribution in [0.15, 0.2) is 96.1 Å². The summed E-state index contributed by atoms with van der Waals surface area (Å²) in [6, 6.07) is 27.2. The highest BCUT2D eigenvalue weighted by Gasteiger charge is 2.09. The van der Waals surface area contributed by atoms with E-state index in [2.05, 4.69) is 10.5 Å². The standard InChI is InChI=1S/C26H19ClN2O3/c27-22-9-4-8-21(15-22)26(31)32-23-13-11-18(12-14-23)17-28-29-25(30)16-20-7-3-6-19-5-1-2-10-24(19)20/h1-15,17H,16H2,(H,29,30)/b28-17+. The van der Waals surface area contributed by atoms with Gasteiger partial charge in [0.2, 0.25) is 5.91 Å². The van der Waals surface area contributed by atoms with Crippen LogP contribution in [0.3, 0.4) is 0 Å². The molecule has 0 spiro atoms. The number of nitrogens with one attached hydrogen (secondary N) is 1. The Morgan fingerprint density at radius 1 is 0.906 bits per heavy atom. The lowest BCUT2D eigenvalue weighted by Gasteiger charge is -2.06. The molecule has 0 heterocycles. The van der Waals surface area contributed by atoms with E-state index in [-0.39, 0.29) is 12.3 Å². The maximum absolute atomic E-state index is 12.3. The maximum atomic E-state index is 12.3. The molecular weight excluding hydrogens is 424 g/mol. The van der Waals surface area contributed by atoms with Gasteiger partial charge in [-0.1, -0.05) is 60.1 Å². The first-order valence-electron chi connectivity index (χ1n) is 9.95. The van der Waals surface area contributed by atoms with Gasteiger partial charge in [0.15, 0.2) is 0 Å². The molecule has 4 rings (SSSR count). The van der Waals surface area contributed by atoms with Crippen LogP contribution in [0.25, 0.3) is 10.8 Å². The first-order valence-corrected chi connectivity index (χ1v) is 10.3. The Labute approximate surface area is 190 Å². The summed E-state index contributed by atoms with van der Waals surface area (Å²) >= 11 is 5.90. The predicted octanol–water partition coefficient (Wildman–Crippen LogP) is 5.41. The van der Waals surface area contributed by atoms with Crippen LogP contribution in [0.4, 0.5) is 0 Å². The fourth-order valence-electron chi connectivity index (χ4n) is 3.24. The molecule has 0 unspecified atom stereocenters. The molecule has 4 aromatic rings. The van der Waals surface area contributed by atoms with Crippen LogP contribution in [0, 0.1) is 0 Å². The molecule has 0 fully saturated rings. The zero-order chi connectivity index (χ0) is 22.3. The van der Waals surface area contributed by atoms with Crippen molar-refractivity contribution in [2.75, 3.05) is 0 Å². The molecule has 0 atom stereocenters. The summed E-state index contributed by atoms with van der Waals surface area (Å²) in [6.07, 6.45) is 1.76. The molecule has 0 aliphatic heterocycles. The van der Waals surface area contributed by atoms with E-state index in [9.17, 15) is 9.59 Å². The van der Waals surface area contributed by atoms with Crippen LogP contribution in [-0.4, -0.2) is 18.1 Å². The largest absolute Gasteiger partial charge is 0.423 e. The summed E-state index contributed by atoms with van der Waals surface area (Å²) in [4.78, 5) is 24.5. The van der Waals surface area contributed by atoms with Crippen molar-refractivity contribution in [1.82, 2.24) is 5.43 Å². The number of hydrogen-bond acceptors (Lipinski definition) is 4. The topological polar surface area (TPSA) is 67.8 Å². The fourth-order valence-corrected chi connectivity index (χ4v) is 3.43. The molecule has 0 aliphatic carbocycles. The number of carbonyl (C=O) groups excluding carboxylic acids is 2. The number of nitrogens with zero attached hydrogens (tertiary/aromatic N) is 1. The summed E-state index contributed by atoms with van der Waals surface area (Å²) in [5.74, 6) is -0.300. The average molecular weight is 443 g/mol. The Morgan fingerprint density at radius 3 is 2.47 bits per heavy atom. The van der Waals surface area contributed by atoms with E-state index in [1.807, 2.05) is 42.5 Å². The van der Waals surface area contributed by atoms with E-state index < -0.39 is 5.97 Å². The Hall–Kier alpha value is -3.96. The van der Waals surface area contributed by atoms with Gasteiger partial charge < -0.3 is 4.74 Å². The third-order valence-electron chi connectivity index (χ3n) is 4.78. The summed E-state index contributed by atoms with van der Waals surface area (Å²) in [7, 11) is 0. The zero-order valence-electron chi connectivity index (χ0n) is 17.0. The number of fused-ring (bicyclic) bond motifs is 1. The minimum atomic E-state index is -0.491. The van der Waals surface area contributed by atoms with Crippen molar-refractivity contribution >= 4 is 40.5 Å². The molecule has 32 heavy (non-hydrogen) atoms. The number of hydrogen-bond donors (Lipinski definition) is 1. The molecule has 5 nitrogen and oxygen atoms in total. The third-order valence-corrected chi connectivity index (χ3v) is 5.02. The lowest BCUT2D eigenvalue weighted by atomic mass is 10.0. The molecule has 1 N–H and O–H groups in total.